The van der Waals surface area contributed by atoms with Crippen LogP contribution in [0.5, 0.6) is 0 Å². The predicted molar refractivity (Wildman–Crippen MR) is 156 cm³/mol. The summed E-state index contributed by atoms with van der Waals surface area (Å²) in [6, 6.07) is 11.8. The van der Waals surface area contributed by atoms with E-state index in [-0.39, 0.29) is 17.3 Å². The molecule has 1 fully saturated rings. The summed E-state index contributed by atoms with van der Waals surface area (Å²) in [7, 11) is -3.76. The van der Waals surface area contributed by atoms with Gasteiger partial charge in [-0.25, -0.2) is 13.4 Å². The van der Waals surface area contributed by atoms with E-state index in [1.54, 1.807) is 17.0 Å². The molecule has 2 aromatic carbocycles. The highest BCUT2D eigenvalue weighted by Crippen LogP contribution is 2.35. The van der Waals surface area contributed by atoms with Gasteiger partial charge in [0.15, 0.2) is 5.13 Å². The quantitative estimate of drug-likeness (QED) is 0.263. The summed E-state index contributed by atoms with van der Waals surface area (Å²) in [6.07, 6.45) is 1.18. The van der Waals surface area contributed by atoms with Crippen LogP contribution in [0.15, 0.2) is 47.4 Å². The number of fused-ring (bicyclic) bond motifs is 1. The van der Waals surface area contributed by atoms with Crippen LogP contribution < -0.4 is 4.90 Å². The van der Waals surface area contributed by atoms with Gasteiger partial charge in [0, 0.05) is 35.4 Å². The Labute approximate surface area is 242 Å². The summed E-state index contributed by atoms with van der Waals surface area (Å²) < 4.78 is 30.9. The SMILES string of the molecule is Cc1cc(C)n(CCN(C(=O)C2CCCN(S(=O)(=O)c3ccc(Cl)cc3)C2)c2nc3c(C)cc(Cl)cc3s2)n1. The normalized spacial score (nSPS) is 16.6. The van der Waals surface area contributed by atoms with Gasteiger partial charge in [-0.1, -0.05) is 34.5 Å². The highest BCUT2D eigenvalue weighted by Gasteiger charge is 2.36. The van der Waals surface area contributed by atoms with E-state index in [2.05, 4.69) is 5.10 Å². The minimum Gasteiger partial charge on any atom is -0.286 e. The molecule has 0 bridgehead atoms. The number of hydrogen-bond acceptors (Lipinski definition) is 6. The number of aromatic nitrogens is 3. The molecule has 8 nitrogen and oxygen atoms in total. The zero-order valence-corrected chi connectivity index (χ0v) is 25.0. The molecule has 206 valence electrons. The number of carbonyl (C=O) groups is 1. The van der Waals surface area contributed by atoms with E-state index in [1.807, 2.05) is 43.7 Å². The van der Waals surface area contributed by atoms with Crippen molar-refractivity contribution in [1.82, 2.24) is 19.1 Å². The van der Waals surface area contributed by atoms with Crippen molar-refractivity contribution >= 4 is 65.8 Å². The van der Waals surface area contributed by atoms with Gasteiger partial charge in [0.05, 0.1) is 33.3 Å². The average Bonchev–Trinajstić information content (AvgIpc) is 3.46. The van der Waals surface area contributed by atoms with E-state index in [0.717, 1.165) is 27.2 Å². The van der Waals surface area contributed by atoms with Crippen LogP contribution in [0, 0.1) is 26.7 Å². The molecule has 1 atom stereocenters. The summed E-state index contributed by atoms with van der Waals surface area (Å²) in [5.74, 6) is -0.645. The summed E-state index contributed by atoms with van der Waals surface area (Å²) in [4.78, 5) is 20.8. The Kier molecular flexibility index (Phi) is 8.03. The monoisotopic (exact) mass is 605 g/mol. The Morgan fingerprint density at radius 3 is 2.54 bits per heavy atom. The summed E-state index contributed by atoms with van der Waals surface area (Å²) in [5, 5.41) is 6.20. The molecule has 0 spiro atoms. The minimum atomic E-state index is -3.76. The fraction of sp³-hybridized carbons (Fsp3) is 0.370. The number of sulfonamides is 1. The van der Waals surface area contributed by atoms with Gasteiger partial charge < -0.3 is 0 Å². The molecule has 1 unspecified atom stereocenters. The van der Waals surface area contributed by atoms with Crippen molar-refractivity contribution in [2.45, 2.75) is 45.1 Å². The molecule has 12 heteroatoms. The van der Waals surface area contributed by atoms with Crippen LogP contribution in [0.2, 0.25) is 10.0 Å². The summed E-state index contributed by atoms with van der Waals surface area (Å²) in [5.41, 5.74) is 3.65. The maximum absolute atomic E-state index is 14.1. The lowest BCUT2D eigenvalue weighted by Gasteiger charge is -2.33. The second kappa shape index (κ2) is 11.2. The Bertz CT molecular complexity index is 1630. The fourth-order valence-corrected chi connectivity index (χ4v) is 8.09. The molecular weight excluding hydrogens is 577 g/mol. The number of amides is 1. The summed E-state index contributed by atoms with van der Waals surface area (Å²) in [6.45, 7) is 7.17. The van der Waals surface area contributed by atoms with E-state index >= 15 is 0 Å². The van der Waals surface area contributed by atoms with Gasteiger partial charge in [-0.15, -0.1) is 0 Å². The van der Waals surface area contributed by atoms with Crippen molar-refractivity contribution in [3.05, 3.63) is 69.5 Å². The van der Waals surface area contributed by atoms with Crippen LogP contribution in [-0.4, -0.2) is 53.0 Å². The van der Waals surface area contributed by atoms with Crippen molar-refractivity contribution in [3.8, 4) is 0 Å². The van der Waals surface area contributed by atoms with E-state index in [9.17, 15) is 13.2 Å². The van der Waals surface area contributed by atoms with Crippen LogP contribution in [-0.2, 0) is 21.4 Å². The smallest absolute Gasteiger partial charge is 0.243 e. The van der Waals surface area contributed by atoms with Crippen LogP contribution in [0.3, 0.4) is 0 Å². The average molecular weight is 607 g/mol. The van der Waals surface area contributed by atoms with E-state index in [1.165, 1.54) is 27.8 Å². The van der Waals surface area contributed by atoms with Gasteiger partial charge in [-0.2, -0.15) is 9.40 Å². The van der Waals surface area contributed by atoms with Crippen LogP contribution >= 0.6 is 34.5 Å². The number of hydrogen-bond donors (Lipinski definition) is 0. The minimum absolute atomic E-state index is 0.107. The molecule has 1 amide bonds. The molecule has 1 saturated heterocycles. The number of aryl methyl sites for hydroxylation is 3. The van der Waals surface area contributed by atoms with Crippen molar-refractivity contribution in [2.24, 2.45) is 5.92 Å². The van der Waals surface area contributed by atoms with Gasteiger partial charge in [-0.3, -0.25) is 14.4 Å². The Morgan fingerprint density at radius 2 is 1.85 bits per heavy atom. The third-order valence-electron chi connectivity index (χ3n) is 6.96. The zero-order valence-electron chi connectivity index (χ0n) is 21.9. The maximum atomic E-state index is 14.1. The first-order valence-corrected chi connectivity index (χ1v) is 15.7. The fourth-order valence-electron chi connectivity index (χ4n) is 4.99. The van der Waals surface area contributed by atoms with Gasteiger partial charge in [0.2, 0.25) is 15.9 Å². The molecule has 2 aromatic heterocycles. The number of anilines is 1. The molecule has 39 heavy (non-hydrogen) atoms. The number of halogens is 2. The first kappa shape index (κ1) is 28.0. The largest absolute Gasteiger partial charge is 0.286 e. The molecule has 0 radical (unpaired) electrons. The van der Waals surface area contributed by atoms with Gasteiger partial charge >= 0.3 is 0 Å². The molecule has 0 N–H and O–H groups in total. The molecule has 1 aliphatic heterocycles. The number of benzene rings is 2. The third-order valence-corrected chi connectivity index (χ3v) is 10.3. The predicted octanol–water partition coefficient (Wildman–Crippen LogP) is 5.86. The third kappa shape index (κ3) is 5.85. The lowest BCUT2D eigenvalue weighted by molar-refractivity contribution is -0.123. The number of piperidine rings is 1. The number of rotatable bonds is 7. The maximum Gasteiger partial charge on any atom is 0.243 e. The van der Waals surface area contributed by atoms with Crippen molar-refractivity contribution in [3.63, 3.8) is 0 Å². The van der Waals surface area contributed by atoms with Crippen molar-refractivity contribution in [1.29, 1.82) is 0 Å². The van der Waals surface area contributed by atoms with Crippen molar-refractivity contribution < 1.29 is 13.2 Å². The standard InChI is InChI=1S/C27H29Cl2N5O3S2/c1-17-13-22(29)15-24-25(17)30-27(38-24)33(11-12-34-19(3)14-18(2)31-34)26(35)20-5-4-10-32(16-20)39(36,37)23-8-6-21(28)7-9-23/h6-9,13-15,20H,4-5,10-12,16H2,1-3H3. The number of thiazole rings is 1. The Hall–Kier alpha value is -2.50. The van der Waals surface area contributed by atoms with Crippen LogP contribution in [0.25, 0.3) is 10.2 Å². The molecular formula is C27H29Cl2N5O3S2. The molecule has 5 rings (SSSR count). The number of carbonyl (C=O) groups excluding carboxylic acids is 1. The highest BCUT2D eigenvalue weighted by molar-refractivity contribution is 7.89. The highest BCUT2D eigenvalue weighted by atomic mass is 35.5. The molecule has 4 aromatic rings. The molecule has 0 aliphatic carbocycles. The van der Waals surface area contributed by atoms with E-state index in [4.69, 9.17) is 28.2 Å². The zero-order chi connectivity index (χ0) is 27.9. The van der Waals surface area contributed by atoms with Crippen LogP contribution in [0.1, 0.15) is 29.8 Å². The Morgan fingerprint density at radius 1 is 1.10 bits per heavy atom. The second-order valence-electron chi connectivity index (χ2n) is 9.86. The Balaban J connectivity index is 1.44. The molecule has 3 heterocycles. The first-order chi connectivity index (χ1) is 18.5. The summed E-state index contributed by atoms with van der Waals surface area (Å²) >= 11 is 13.7. The van der Waals surface area contributed by atoms with E-state index in [0.29, 0.717) is 47.7 Å². The van der Waals surface area contributed by atoms with E-state index < -0.39 is 15.9 Å². The molecule has 0 saturated carbocycles. The van der Waals surface area contributed by atoms with Gasteiger partial charge in [0.1, 0.15) is 0 Å². The van der Waals surface area contributed by atoms with Gasteiger partial charge in [-0.05, 0) is 81.6 Å². The lowest BCUT2D eigenvalue weighted by atomic mass is 9.98. The second-order valence-corrected chi connectivity index (χ2v) is 13.7. The topological polar surface area (TPSA) is 88.4 Å². The number of nitrogens with zero attached hydrogens (tertiary/aromatic N) is 5. The first-order valence-electron chi connectivity index (χ1n) is 12.7. The molecule has 1 aliphatic rings. The van der Waals surface area contributed by atoms with Crippen molar-refractivity contribution in [2.75, 3.05) is 24.5 Å². The van der Waals surface area contributed by atoms with Crippen LogP contribution in [0.4, 0.5) is 5.13 Å². The van der Waals surface area contributed by atoms with Gasteiger partial charge in [0.25, 0.3) is 0 Å². The lowest BCUT2D eigenvalue weighted by Crippen LogP contribution is -2.47.